The Bertz CT molecular complexity index is 565. The van der Waals surface area contributed by atoms with Crippen LogP contribution in [-0.4, -0.2) is 17.5 Å². The lowest BCUT2D eigenvalue weighted by Gasteiger charge is -2.28. The number of nitro benzene ring substituents is 1. The molecule has 0 bridgehead atoms. The van der Waals surface area contributed by atoms with E-state index in [0.29, 0.717) is 0 Å². The number of hydrogen-bond donors (Lipinski definition) is 0. The second-order valence-electron chi connectivity index (χ2n) is 4.65. The number of rotatable bonds is 5. The van der Waals surface area contributed by atoms with Gasteiger partial charge in [-0.3, -0.25) is 10.1 Å². The lowest BCUT2D eigenvalue weighted by molar-refractivity contribution is -0.388. The minimum Gasteiger partial charge on any atom is -0.368 e. The molecular formula is C13H14F3N3O2. The number of halogens is 3. The van der Waals surface area contributed by atoms with E-state index < -0.39 is 22.4 Å². The van der Waals surface area contributed by atoms with Gasteiger partial charge >= 0.3 is 6.18 Å². The molecule has 0 aliphatic carbocycles. The van der Waals surface area contributed by atoms with Crippen LogP contribution < -0.4 is 4.90 Å². The van der Waals surface area contributed by atoms with Gasteiger partial charge in [0.2, 0.25) is 0 Å². The van der Waals surface area contributed by atoms with E-state index >= 15 is 0 Å². The van der Waals surface area contributed by atoms with Crippen LogP contribution in [0.5, 0.6) is 0 Å². The van der Waals surface area contributed by atoms with Crippen LogP contribution in [-0.2, 0) is 6.18 Å². The third-order valence-corrected chi connectivity index (χ3v) is 2.90. The fraction of sp³-hybridized carbons (Fsp3) is 0.462. The summed E-state index contributed by atoms with van der Waals surface area (Å²) in [4.78, 5) is 11.2. The van der Waals surface area contributed by atoms with Crippen molar-refractivity contribution in [2.45, 2.75) is 32.5 Å². The van der Waals surface area contributed by atoms with Crippen LogP contribution >= 0.6 is 0 Å². The highest BCUT2D eigenvalue weighted by Gasteiger charge is 2.38. The number of nitriles is 1. The fourth-order valence-corrected chi connectivity index (χ4v) is 1.94. The zero-order valence-corrected chi connectivity index (χ0v) is 11.5. The normalized spacial score (nSPS) is 11.3. The minimum atomic E-state index is -4.81. The van der Waals surface area contributed by atoms with E-state index in [2.05, 4.69) is 0 Å². The molecule has 21 heavy (non-hydrogen) atoms. The Balaban J connectivity index is 3.32. The monoisotopic (exact) mass is 301 g/mol. The Hall–Kier alpha value is -2.30. The van der Waals surface area contributed by atoms with Crippen LogP contribution in [0.4, 0.5) is 24.5 Å². The summed E-state index contributed by atoms with van der Waals surface area (Å²) >= 11 is 0. The first-order valence-corrected chi connectivity index (χ1v) is 6.17. The lowest BCUT2D eigenvalue weighted by atomic mass is 10.1. The van der Waals surface area contributed by atoms with Crippen molar-refractivity contribution in [3.8, 4) is 6.07 Å². The van der Waals surface area contributed by atoms with Gasteiger partial charge in [0.05, 0.1) is 17.4 Å². The molecule has 1 aromatic carbocycles. The van der Waals surface area contributed by atoms with Crippen LogP contribution in [0, 0.1) is 21.4 Å². The van der Waals surface area contributed by atoms with Crippen LogP contribution in [0.2, 0.25) is 0 Å². The summed E-state index contributed by atoms with van der Waals surface area (Å²) in [5.74, 6) is 0. The molecule has 0 aliphatic rings. The van der Waals surface area contributed by atoms with E-state index in [4.69, 9.17) is 5.26 Å². The van der Waals surface area contributed by atoms with Crippen molar-refractivity contribution in [2.75, 3.05) is 11.4 Å². The molecule has 0 saturated heterocycles. The van der Waals surface area contributed by atoms with Crippen molar-refractivity contribution in [3.63, 3.8) is 0 Å². The van der Waals surface area contributed by atoms with Crippen LogP contribution in [0.1, 0.15) is 25.8 Å². The van der Waals surface area contributed by atoms with Crippen molar-refractivity contribution < 1.29 is 18.1 Å². The standard InChI is InChI=1S/C13H14F3N3O2/c1-9(2)18(7-3-6-17)10-4-5-12(19(20)21)11(8-10)13(14,15)16/h4-5,8-9H,3,7H2,1-2H3. The molecular weight excluding hydrogens is 287 g/mol. The Morgan fingerprint density at radius 1 is 1.43 bits per heavy atom. The smallest absolute Gasteiger partial charge is 0.368 e. The van der Waals surface area contributed by atoms with Gasteiger partial charge in [-0.2, -0.15) is 18.4 Å². The molecule has 0 fully saturated rings. The summed E-state index contributed by atoms with van der Waals surface area (Å²) in [6.07, 6.45) is -4.66. The van der Waals surface area contributed by atoms with Gasteiger partial charge in [-0.05, 0) is 26.0 Å². The zero-order chi connectivity index (χ0) is 16.2. The van der Waals surface area contributed by atoms with E-state index in [-0.39, 0.29) is 24.7 Å². The molecule has 0 saturated carbocycles. The Morgan fingerprint density at radius 3 is 2.48 bits per heavy atom. The maximum Gasteiger partial charge on any atom is 0.423 e. The molecule has 0 aromatic heterocycles. The minimum absolute atomic E-state index is 0.138. The van der Waals surface area contributed by atoms with Crippen molar-refractivity contribution in [1.29, 1.82) is 5.26 Å². The molecule has 114 valence electrons. The second-order valence-corrected chi connectivity index (χ2v) is 4.65. The van der Waals surface area contributed by atoms with Gasteiger partial charge in [-0.1, -0.05) is 0 Å². The number of nitro groups is 1. The highest BCUT2D eigenvalue weighted by molar-refractivity contribution is 5.57. The molecule has 0 spiro atoms. The van der Waals surface area contributed by atoms with E-state index in [1.54, 1.807) is 18.7 Å². The second kappa shape index (κ2) is 6.43. The van der Waals surface area contributed by atoms with Crippen LogP contribution in [0.3, 0.4) is 0 Å². The first-order chi connectivity index (χ1) is 9.68. The van der Waals surface area contributed by atoms with Crippen molar-refractivity contribution >= 4 is 11.4 Å². The highest BCUT2D eigenvalue weighted by atomic mass is 19.4. The average Bonchev–Trinajstić information content (AvgIpc) is 2.37. The summed E-state index contributed by atoms with van der Waals surface area (Å²) in [7, 11) is 0. The number of anilines is 1. The predicted molar refractivity (Wildman–Crippen MR) is 70.8 cm³/mol. The molecule has 1 rings (SSSR count). The molecule has 0 aliphatic heterocycles. The summed E-state index contributed by atoms with van der Waals surface area (Å²) in [5.41, 5.74) is -2.05. The molecule has 0 amide bonds. The Labute approximate surface area is 119 Å². The molecule has 1 aromatic rings. The predicted octanol–water partition coefficient (Wildman–Crippen LogP) is 3.74. The van der Waals surface area contributed by atoms with Crippen molar-refractivity contribution in [3.05, 3.63) is 33.9 Å². The molecule has 0 atom stereocenters. The lowest BCUT2D eigenvalue weighted by Crippen LogP contribution is -2.31. The topological polar surface area (TPSA) is 70.2 Å². The van der Waals surface area contributed by atoms with Gasteiger partial charge in [0.15, 0.2) is 0 Å². The van der Waals surface area contributed by atoms with Gasteiger partial charge < -0.3 is 4.90 Å². The number of hydrogen-bond acceptors (Lipinski definition) is 4. The third-order valence-electron chi connectivity index (χ3n) is 2.90. The van der Waals surface area contributed by atoms with Gasteiger partial charge in [-0.25, -0.2) is 0 Å². The zero-order valence-electron chi connectivity index (χ0n) is 11.5. The summed E-state index contributed by atoms with van der Waals surface area (Å²) in [5, 5.41) is 19.3. The van der Waals surface area contributed by atoms with Gasteiger partial charge in [0, 0.05) is 24.3 Å². The summed E-state index contributed by atoms with van der Waals surface area (Å²) in [6.45, 7) is 3.79. The van der Waals surface area contributed by atoms with Crippen LogP contribution in [0.25, 0.3) is 0 Å². The number of alkyl halides is 3. The third kappa shape index (κ3) is 4.08. The molecule has 0 unspecified atom stereocenters. The summed E-state index contributed by atoms with van der Waals surface area (Å²) < 4.78 is 38.8. The quantitative estimate of drug-likeness (QED) is 0.613. The van der Waals surface area contributed by atoms with Crippen molar-refractivity contribution in [1.82, 2.24) is 0 Å². The number of benzene rings is 1. The largest absolute Gasteiger partial charge is 0.423 e. The molecule has 0 heterocycles. The molecule has 8 heteroatoms. The SMILES string of the molecule is CC(C)N(CCC#N)c1ccc([N+](=O)[O-])c(C(F)(F)F)c1. The van der Waals surface area contributed by atoms with Gasteiger partial charge in [-0.15, -0.1) is 0 Å². The number of nitrogens with zero attached hydrogens (tertiary/aromatic N) is 3. The highest BCUT2D eigenvalue weighted by Crippen LogP contribution is 2.38. The fourth-order valence-electron chi connectivity index (χ4n) is 1.94. The van der Waals surface area contributed by atoms with E-state index in [1.165, 1.54) is 6.07 Å². The maximum atomic E-state index is 12.9. The van der Waals surface area contributed by atoms with Gasteiger partial charge in [0.25, 0.3) is 5.69 Å². The average molecular weight is 301 g/mol. The van der Waals surface area contributed by atoms with E-state index in [9.17, 15) is 23.3 Å². The first-order valence-electron chi connectivity index (χ1n) is 6.17. The maximum absolute atomic E-state index is 12.9. The molecule has 0 N–H and O–H groups in total. The summed E-state index contributed by atoms with van der Waals surface area (Å²) in [6, 6.07) is 4.66. The molecule has 0 radical (unpaired) electrons. The van der Waals surface area contributed by atoms with E-state index in [0.717, 1.165) is 12.1 Å². The Morgan fingerprint density at radius 2 is 2.05 bits per heavy atom. The van der Waals surface area contributed by atoms with Gasteiger partial charge in [0.1, 0.15) is 5.56 Å². The first kappa shape index (κ1) is 16.8. The Kier molecular flexibility index (Phi) is 5.13. The molecule has 5 nitrogen and oxygen atoms in total. The van der Waals surface area contributed by atoms with Crippen molar-refractivity contribution in [2.24, 2.45) is 0 Å². The van der Waals surface area contributed by atoms with E-state index in [1.807, 2.05) is 6.07 Å². The van der Waals surface area contributed by atoms with Crippen LogP contribution in [0.15, 0.2) is 18.2 Å².